The molecule has 0 saturated heterocycles. The van der Waals surface area contributed by atoms with Crippen molar-refractivity contribution < 1.29 is 14.3 Å². The van der Waals surface area contributed by atoms with E-state index in [1.54, 1.807) is 0 Å². The number of alkyl halides is 1. The Kier molecular flexibility index (Phi) is 4.40. The topological polar surface area (TPSA) is 43.4 Å². The van der Waals surface area contributed by atoms with Crippen molar-refractivity contribution >= 4 is 27.7 Å². The first-order chi connectivity index (χ1) is 9.15. The van der Waals surface area contributed by atoms with Crippen molar-refractivity contribution in [2.24, 2.45) is 5.41 Å². The van der Waals surface area contributed by atoms with Gasteiger partial charge in [-0.2, -0.15) is 0 Å². The van der Waals surface area contributed by atoms with E-state index in [-0.39, 0.29) is 5.78 Å². The van der Waals surface area contributed by atoms with Crippen LogP contribution >= 0.6 is 15.9 Å². The molecule has 0 fully saturated rings. The van der Waals surface area contributed by atoms with Gasteiger partial charge < -0.3 is 4.74 Å². The highest BCUT2D eigenvalue weighted by atomic mass is 79.9. The minimum absolute atomic E-state index is 0.119. The van der Waals surface area contributed by atoms with Crippen LogP contribution in [0.25, 0.3) is 0 Å². The third kappa shape index (κ3) is 2.46. The van der Waals surface area contributed by atoms with Crippen LogP contribution in [-0.2, 0) is 16.0 Å². The average molecular weight is 325 g/mol. The number of hydrogen-bond acceptors (Lipinski definition) is 3. The Bertz CT molecular complexity index is 498. The van der Waals surface area contributed by atoms with Crippen molar-refractivity contribution in [1.82, 2.24) is 0 Å². The van der Waals surface area contributed by atoms with Crippen LogP contribution in [0.3, 0.4) is 0 Å². The lowest BCUT2D eigenvalue weighted by atomic mass is 9.74. The number of fused-ring (bicyclic) bond motifs is 1. The molecule has 1 aromatic carbocycles. The van der Waals surface area contributed by atoms with Gasteiger partial charge in [-0.25, -0.2) is 0 Å². The molecule has 1 atom stereocenters. The molecule has 0 spiro atoms. The Morgan fingerprint density at radius 3 is 2.79 bits per heavy atom. The largest absolute Gasteiger partial charge is 0.468 e. The van der Waals surface area contributed by atoms with E-state index in [0.29, 0.717) is 17.3 Å². The van der Waals surface area contributed by atoms with Crippen molar-refractivity contribution in [3.05, 3.63) is 35.4 Å². The number of carbonyl (C=O) groups excluding carboxylic acids is 2. The Morgan fingerprint density at radius 2 is 2.11 bits per heavy atom. The van der Waals surface area contributed by atoms with Crippen molar-refractivity contribution in [3.63, 3.8) is 0 Å². The summed E-state index contributed by atoms with van der Waals surface area (Å²) in [6.45, 7) is 0. The summed E-state index contributed by atoms with van der Waals surface area (Å²) in [5.74, 6) is -0.558. The molecule has 1 unspecified atom stereocenters. The normalized spacial score (nSPS) is 23.2. The van der Waals surface area contributed by atoms with Gasteiger partial charge in [0.2, 0.25) is 0 Å². The third-order valence-corrected chi connectivity index (χ3v) is 4.76. The Morgan fingerprint density at radius 1 is 1.37 bits per heavy atom. The fourth-order valence-electron chi connectivity index (χ4n) is 2.65. The van der Waals surface area contributed by atoms with Gasteiger partial charge in [-0.05, 0) is 24.8 Å². The number of ether oxygens (including phenoxy) is 1. The maximum absolute atomic E-state index is 12.8. The van der Waals surface area contributed by atoms with Crippen molar-refractivity contribution in [3.8, 4) is 0 Å². The molecule has 4 heteroatoms. The molecule has 0 amide bonds. The summed E-state index contributed by atoms with van der Waals surface area (Å²) in [4.78, 5) is 24.9. The smallest absolute Gasteiger partial charge is 0.320 e. The number of benzene rings is 1. The minimum Gasteiger partial charge on any atom is -0.468 e. The third-order valence-electron chi connectivity index (χ3n) is 3.80. The summed E-state index contributed by atoms with van der Waals surface area (Å²) in [6.07, 6.45) is 3.26. The number of Topliss-reactive ketones (excluding diaryl/α,β-unsaturated/α-hetero) is 1. The van der Waals surface area contributed by atoms with Crippen LogP contribution in [0.2, 0.25) is 0 Å². The molecule has 0 saturated carbocycles. The van der Waals surface area contributed by atoms with E-state index >= 15 is 0 Å². The molecule has 3 nitrogen and oxygen atoms in total. The Labute approximate surface area is 121 Å². The summed E-state index contributed by atoms with van der Waals surface area (Å²) in [5, 5.41) is 0.305. The number of esters is 1. The van der Waals surface area contributed by atoms with E-state index in [1.165, 1.54) is 7.11 Å². The van der Waals surface area contributed by atoms with Gasteiger partial charge in [-0.3, -0.25) is 9.59 Å². The van der Waals surface area contributed by atoms with Crippen LogP contribution in [-0.4, -0.2) is 24.2 Å². The number of aryl methyl sites for hydroxylation is 1. The predicted molar refractivity (Wildman–Crippen MR) is 76.6 cm³/mol. The lowest BCUT2D eigenvalue weighted by Gasteiger charge is -2.30. The van der Waals surface area contributed by atoms with Crippen LogP contribution < -0.4 is 0 Å². The molecule has 0 aliphatic heterocycles. The maximum atomic E-state index is 12.8. The van der Waals surface area contributed by atoms with Gasteiger partial charge in [0.25, 0.3) is 0 Å². The quantitative estimate of drug-likeness (QED) is 0.477. The number of carbonyl (C=O) groups is 2. The molecule has 0 bridgehead atoms. The Balaban J connectivity index is 2.53. The van der Waals surface area contributed by atoms with E-state index in [9.17, 15) is 9.59 Å². The second-order valence-corrected chi connectivity index (χ2v) is 5.46. The van der Waals surface area contributed by atoms with Gasteiger partial charge in [0.15, 0.2) is 5.78 Å². The molecule has 0 aromatic heterocycles. The van der Waals surface area contributed by atoms with E-state index in [0.717, 1.165) is 24.8 Å². The SMILES string of the molecule is COC(=O)C1(CBr)CCCCc2ccccc2C1=O. The number of halogens is 1. The zero-order chi connectivity index (χ0) is 13.9. The zero-order valence-corrected chi connectivity index (χ0v) is 12.5. The first-order valence-corrected chi connectivity index (χ1v) is 7.55. The molecular weight excluding hydrogens is 308 g/mol. The molecule has 1 aliphatic rings. The van der Waals surface area contributed by atoms with Gasteiger partial charge in [0, 0.05) is 10.9 Å². The van der Waals surface area contributed by atoms with E-state index in [2.05, 4.69) is 15.9 Å². The average Bonchev–Trinajstić information content (AvgIpc) is 2.45. The molecule has 1 aromatic rings. The maximum Gasteiger partial charge on any atom is 0.320 e. The van der Waals surface area contributed by atoms with Crippen LogP contribution in [0, 0.1) is 5.41 Å². The van der Waals surface area contributed by atoms with Gasteiger partial charge in [-0.1, -0.05) is 46.6 Å². The van der Waals surface area contributed by atoms with Crippen LogP contribution in [0.15, 0.2) is 24.3 Å². The molecule has 102 valence electrons. The van der Waals surface area contributed by atoms with Crippen molar-refractivity contribution in [2.45, 2.75) is 25.7 Å². The summed E-state index contributed by atoms with van der Waals surface area (Å²) in [7, 11) is 1.34. The highest BCUT2D eigenvalue weighted by Gasteiger charge is 2.46. The highest BCUT2D eigenvalue weighted by molar-refractivity contribution is 9.09. The summed E-state index contributed by atoms with van der Waals surface area (Å²) < 4.78 is 4.88. The van der Waals surface area contributed by atoms with Crippen LogP contribution in [0.1, 0.15) is 35.2 Å². The summed E-state index contributed by atoms with van der Waals surface area (Å²) in [5.41, 5.74) is 0.610. The van der Waals surface area contributed by atoms with Crippen LogP contribution in [0.4, 0.5) is 0 Å². The van der Waals surface area contributed by atoms with Crippen molar-refractivity contribution in [1.29, 1.82) is 0 Å². The second kappa shape index (κ2) is 5.87. The lowest BCUT2D eigenvalue weighted by molar-refractivity contribution is -0.148. The summed E-state index contributed by atoms with van der Waals surface area (Å²) in [6, 6.07) is 7.55. The number of hydrogen-bond donors (Lipinski definition) is 0. The number of ketones is 1. The fraction of sp³-hybridized carbons (Fsp3) is 0.467. The molecule has 2 rings (SSSR count). The summed E-state index contributed by atoms with van der Waals surface area (Å²) >= 11 is 3.34. The zero-order valence-electron chi connectivity index (χ0n) is 10.9. The molecule has 0 radical (unpaired) electrons. The first-order valence-electron chi connectivity index (χ1n) is 6.43. The van der Waals surface area contributed by atoms with Gasteiger partial charge in [0.1, 0.15) is 5.41 Å². The van der Waals surface area contributed by atoms with Crippen molar-refractivity contribution in [2.75, 3.05) is 12.4 Å². The monoisotopic (exact) mass is 324 g/mol. The van der Waals surface area contributed by atoms with E-state index in [4.69, 9.17) is 4.74 Å². The second-order valence-electron chi connectivity index (χ2n) is 4.90. The predicted octanol–water partition coefficient (Wildman–Crippen LogP) is 3.15. The fourth-order valence-corrected chi connectivity index (χ4v) is 3.41. The number of rotatable bonds is 2. The Hall–Kier alpha value is -1.16. The van der Waals surface area contributed by atoms with Gasteiger partial charge >= 0.3 is 5.97 Å². The standard InChI is InChI=1S/C15H17BrO3/c1-19-14(18)15(10-16)9-5-4-7-11-6-2-3-8-12(11)13(15)17/h2-3,6,8H,4-5,7,9-10H2,1H3. The van der Waals surface area contributed by atoms with Crippen LogP contribution in [0.5, 0.6) is 0 Å². The lowest BCUT2D eigenvalue weighted by Crippen LogP contribution is -2.43. The number of methoxy groups -OCH3 is 1. The van der Waals surface area contributed by atoms with E-state index in [1.807, 2.05) is 24.3 Å². The molecule has 0 N–H and O–H groups in total. The molecule has 0 heterocycles. The molecular formula is C15H17BrO3. The first kappa shape index (κ1) is 14.3. The van der Waals surface area contributed by atoms with E-state index < -0.39 is 11.4 Å². The molecule has 1 aliphatic carbocycles. The highest BCUT2D eigenvalue weighted by Crippen LogP contribution is 2.36. The minimum atomic E-state index is -1.08. The van der Waals surface area contributed by atoms with Gasteiger partial charge in [-0.15, -0.1) is 0 Å². The van der Waals surface area contributed by atoms with Gasteiger partial charge in [0.05, 0.1) is 7.11 Å². The molecule has 19 heavy (non-hydrogen) atoms.